The van der Waals surface area contributed by atoms with Crippen LogP contribution in [0.15, 0.2) is 36.4 Å². The maximum absolute atomic E-state index is 13.5. The van der Waals surface area contributed by atoms with E-state index in [4.69, 9.17) is 14.2 Å². The Morgan fingerprint density at radius 3 is 2.87 bits per heavy atom. The SMILES string of the molecule is COc1ccc(F)cc1C(C)NCc1cccc2c1OCCO2. The van der Waals surface area contributed by atoms with Gasteiger partial charge in [0, 0.05) is 23.7 Å². The lowest BCUT2D eigenvalue weighted by Crippen LogP contribution is -2.21. The van der Waals surface area contributed by atoms with Crippen LogP contribution >= 0.6 is 0 Å². The molecule has 0 spiro atoms. The summed E-state index contributed by atoms with van der Waals surface area (Å²) in [5.74, 6) is 1.94. The molecule has 0 aliphatic carbocycles. The maximum atomic E-state index is 13.5. The number of rotatable bonds is 5. The summed E-state index contributed by atoms with van der Waals surface area (Å²) >= 11 is 0. The molecular weight excluding hydrogens is 297 g/mol. The lowest BCUT2D eigenvalue weighted by Gasteiger charge is -2.22. The average molecular weight is 317 g/mol. The number of hydrogen-bond acceptors (Lipinski definition) is 4. The van der Waals surface area contributed by atoms with Crippen molar-refractivity contribution in [3.63, 3.8) is 0 Å². The summed E-state index contributed by atoms with van der Waals surface area (Å²) in [5, 5.41) is 3.39. The molecule has 1 heterocycles. The van der Waals surface area contributed by atoms with Crippen LogP contribution in [-0.4, -0.2) is 20.3 Å². The Labute approximate surface area is 135 Å². The number of methoxy groups -OCH3 is 1. The molecule has 0 bridgehead atoms. The molecule has 4 nitrogen and oxygen atoms in total. The molecule has 1 atom stereocenters. The molecule has 0 radical (unpaired) electrons. The fraction of sp³-hybridized carbons (Fsp3) is 0.333. The lowest BCUT2D eigenvalue weighted by atomic mass is 10.1. The number of benzene rings is 2. The predicted molar refractivity (Wildman–Crippen MR) is 85.6 cm³/mol. The highest BCUT2D eigenvalue weighted by Gasteiger charge is 2.17. The summed E-state index contributed by atoms with van der Waals surface area (Å²) in [7, 11) is 1.59. The first-order valence-electron chi connectivity index (χ1n) is 7.63. The Bertz CT molecular complexity index is 690. The van der Waals surface area contributed by atoms with Gasteiger partial charge in [-0.05, 0) is 31.2 Å². The summed E-state index contributed by atoms with van der Waals surface area (Å²) in [6.45, 7) is 3.69. The topological polar surface area (TPSA) is 39.7 Å². The summed E-state index contributed by atoms with van der Waals surface area (Å²) in [4.78, 5) is 0. The minimum absolute atomic E-state index is 0.0685. The van der Waals surface area contributed by atoms with Crippen molar-refractivity contribution >= 4 is 0 Å². The average Bonchev–Trinajstić information content (AvgIpc) is 2.59. The van der Waals surface area contributed by atoms with Crippen LogP contribution in [-0.2, 0) is 6.54 Å². The van der Waals surface area contributed by atoms with E-state index in [9.17, 15) is 4.39 Å². The minimum atomic E-state index is -0.275. The number of para-hydroxylation sites is 1. The zero-order valence-electron chi connectivity index (χ0n) is 13.3. The van der Waals surface area contributed by atoms with Crippen LogP contribution in [0.25, 0.3) is 0 Å². The molecule has 0 aromatic heterocycles. The molecule has 5 heteroatoms. The van der Waals surface area contributed by atoms with Gasteiger partial charge in [0.25, 0.3) is 0 Å². The van der Waals surface area contributed by atoms with E-state index in [2.05, 4.69) is 5.32 Å². The molecule has 1 unspecified atom stereocenters. The molecule has 2 aromatic carbocycles. The molecule has 1 aliphatic heterocycles. The number of hydrogen-bond donors (Lipinski definition) is 1. The van der Waals surface area contributed by atoms with E-state index in [0.29, 0.717) is 25.5 Å². The zero-order chi connectivity index (χ0) is 16.2. The van der Waals surface area contributed by atoms with Crippen molar-refractivity contribution in [1.29, 1.82) is 0 Å². The van der Waals surface area contributed by atoms with E-state index < -0.39 is 0 Å². The monoisotopic (exact) mass is 317 g/mol. The Morgan fingerprint density at radius 2 is 2.04 bits per heavy atom. The van der Waals surface area contributed by atoms with Crippen LogP contribution in [0.5, 0.6) is 17.2 Å². The fourth-order valence-corrected chi connectivity index (χ4v) is 2.69. The number of fused-ring (bicyclic) bond motifs is 1. The normalized spacial score (nSPS) is 14.4. The van der Waals surface area contributed by atoms with E-state index in [-0.39, 0.29) is 11.9 Å². The first kappa shape index (κ1) is 15.6. The molecule has 1 N–H and O–H groups in total. The van der Waals surface area contributed by atoms with Crippen molar-refractivity contribution in [3.8, 4) is 17.2 Å². The van der Waals surface area contributed by atoms with Gasteiger partial charge in [-0.15, -0.1) is 0 Å². The van der Waals surface area contributed by atoms with Gasteiger partial charge in [-0.2, -0.15) is 0 Å². The fourth-order valence-electron chi connectivity index (χ4n) is 2.69. The Hall–Kier alpha value is -2.27. The van der Waals surface area contributed by atoms with E-state index in [1.54, 1.807) is 13.2 Å². The van der Waals surface area contributed by atoms with E-state index >= 15 is 0 Å². The third kappa shape index (κ3) is 3.40. The van der Waals surface area contributed by atoms with Crippen LogP contribution < -0.4 is 19.5 Å². The summed E-state index contributed by atoms with van der Waals surface area (Å²) in [5.41, 5.74) is 1.80. The van der Waals surface area contributed by atoms with Gasteiger partial charge in [0.1, 0.15) is 24.8 Å². The lowest BCUT2D eigenvalue weighted by molar-refractivity contribution is 0.169. The minimum Gasteiger partial charge on any atom is -0.496 e. The van der Waals surface area contributed by atoms with E-state index in [1.165, 1.54) is 12.1 Å². The van der Waals surface area contributed by atoms with Crippen molar-refractivity contribution in [2.45, 2.75) is 19.5 Å². The van der Waals surface area contributed by atoms with Gasteiger partial charge in [-0.1, -0.05) is 12.1 Å². The third-order valence-corrected chi connectivity index (χ3v) is 3.90. The highest BCUT2D eigenvalue weighted by molar-refractivity contribution is 5.47. The van der Waals surface area contributed by atoms with Crippen LogP contribution in [0, 0.1) is 5.82 Å². The smallest absolute Gasteiger partial charge is 0.165 e. The molecule has 0 saturated heterocycles. The van der Waals surface area contributed by atoms with Gasteiger partial charge in [0.05, 0.1) is 7.11 Å². The summed E-state index contributed by atoms with van der Waals surface area (Å²) in [6.07, 6.45) is 0. The standard InChI is InChI=1S/C18H20FNO3/c1-12(15-10-14(19)6-7-16(15)21-2)20-11-13-4-3-5-17-18(13)23-9-8-22-17/h3-7,10,12,20H,8-9,11H2,1-2H3. The van der Waals surface area contributed by atoms with Crippen molar-refractivity contribution in [3.05, 3.63) is 53.3 Å². The first-order valence-corrected chi connectivity index (χ1v) is 7.63. The van der Waals surface area contributed by atoms with Crippen LogP contribution in [0.1, 0.15) is 24.1 Å². The van der Waals surface area contributed by atoms with Crippen molar-refractivity contribution < 1.29 is 18.6 Å². The molecule has 2 aromatic rings. The second kappa shape index (κ2) is 6.87. The van der Waals surface area contributed by atoms with Crippen LogP contribution in [0.3, 0.4) is 0 Å². The summed E-state index contributed by atoms with van der Waals surface area (Å²) < 4.78 is 30.1. The molecule has 0 amide bonds. The van der Waals surface area contributed by atoms with Gasteiger partial charge in [0.15, 0.2) is 11.5 Å². The third-order valence-electron chi connectivity index (χ3n) is 3.90. The van der Waals surface area contributed by atoms with Crippen molar-refractivity contribution in [2.24, 2.45) is 0 Å². The number of nitrogens with one attached hydrogen (secondary N) is 1. The Kier molecular flexibility index (Phi) is 4.67. The summed E-state index contributed by atoms with van der Waals surface area (Å²) in [6, 6.07) is 10.3. The van der Waals surface area contributed by atoms with Crippen molar-refractivity contribution in [1.82, 2.24) is 5.32 Å². The maximum Gasteiger partial charge on any atom is 0.165 e. The van der Waals surface area contributed by atoms with Crippen LogP contribution in [0.4, 0.5) is 4.39 Å². The Morgan fingerprint density at radius 1 is 1.22 bits per heavy atom. The molecule has 122 valence electrons. The second-order valence-electron chi connectivity index (χ2n) is 5.43. The van der Waals surface area contributed by atoms with E-state index in [1.807, 2.05) is 25.1 Å². The zero-order valence-corrected chi connectivity index (χ0v) is 13.3. The predicted octanol–water partition coefficient (Wildman–Crippen LogP) is 3.46. The molecule has 0 fully saturated rings. The molecule has 23 heavy (non-hydrogen) atoms. The molecule has 0 saturated carbocycles. The van der Waals surface area contributed by atoms with Gasteiger partial charge in [-0.25, -0.2) is 4.39 Å². The Balaban J connectivity index is 1.75. The number of ether oxygens (including phenoxy) is 3. The quantitative estimate of drug-likeness (QED) is 0.917. The molecular formula is C18H20FNO3. The van der Waals surface area contributed by atoms with Crippen LogP contribution in [0.2, 0.25) is 0 Å². The van der Waals surface area contributed by atoms with Crippen molar-refractivity contribution in [2.75, 3.05) is 20.3 Å². The molecule has 1 aliphatic rings. The van der Waals surface area contributed by atoms with Gasteiger partial charge >= 0.3 is 0 Å². The second-order valence-corrected chi connectivity index (χ2v) is 5.43. The van der Waals surface area contributed by atoms with Gasteiger partial charge in [-0.3, -0.25) is 0 Å². The van der Waals surface area contributed by atoms with Gasteiger partial charge in [0.2, 0.25) is 0 Å². The van der Waals surface area contributed by atoms with Gasteiger partial charge < -0.3 is 19.5 Å². The molecule has 3 rings (SSSR count). The van der Waals surface area contributed by atoms with E-state index in [0.717, 1.165) is 22.6 Å². The number of halogens is 1. The first-order chi connectivity index (χ1) is 11.2. The largest absolute Gasteiger partial charge is 0.496 e. The highest BCUT2D eigenvalue weighted by atomic mass is 19.1. The highest BCUT2D eigenvalue weighted by Crippen LogP contribution is 2.34.